The molecule has 4 aliphatic rings. The zero-order chi connectivity index (χ0) is 37.5. The van der Waals surface area contributed by atoms with Gasteiger partial charge in [-0.25, -0.2) is 9.59 Å². The van der Waals surface area contributed by atoms with Gasteiger partial charge in [-0.1, -0.05) is 41.3 Å². The van der Waals surface area contributed by atoms with Crippen LogP contribution < -0.4 is 16.2 Å². The molecule has 2 N–H and O–H groups in total. The maximum atomic E-state index is 14.1. The first-order chi connectivity index (χ1) is 25.6. The Morgan fingerprint density at radius 3 is 2.17 bits per heavy atom. The number of esters is 1. The van der Waals surface area contributed by atoms with E-state index in [-0.39, 0.29) is 47.0 Å². The molecule has 3 fully saturated rings. The summed E-state index contributed by atoms with van der Waals surface area (Å²) < 4.78 is 11.1. The molecule has 4 amide bonds. The van der Waals surface area contributed by atoms with Crippen molar-refractivity contribution < 1.29 is 33.8 Å². The number of rotatable bonds is 10. The van der Waals surface area contributed by atoms with Crippen LogP contribution in [0, 0.1) is 11.8 Å². The number of likely N-dealkylation sites (tertiary alicyclic amines) is 3. The quantitative estimate of drug-likeness (QED) is 0.283. The van der Waals surface area contributed by atoms with Gasteiger partial charge in [0.1, 0.15) is 21.4 Å². The van der Waals surface area contributed by atoms with E-state index in [0.717, 1.165) is 63.0 Å². The fourth-order valence-electron chi connectivity index (χ4n) is 8.48. The van der Waals surface area contributed by atoms with E-state index in [1.165, 1.54) is 0 Å². The summed E-state index contributed by atoms with van der Waals surface area (Å²) in [5.74, 6) is 0.451. The molecule has 6 rings (SSSR count). The molecule has 0 unspecified atom stereocenters. The van der Waals surface area contributed by atoms with E-state index in [9.17, 15) is 24.3 Å². The number of aromatic hydroxyl groups is 1. The second-order valence-corrected chi connectivity index (χ2v) is 14.8. The Morgan fingerprint density at radius 2 is 1.51 bits per heavy atom. The smallest absolute Gasteiger partial charge is 0.410 e. The molecule has 4 radical (unpaired) electrons. The number of benzene rings is 2. The van der Waals surface area contributed by atoms with Crippen molar-refractivity contribution in [2.24, 2.45) is 11.8 Å². The number of para-hydroxylation sites is 1. The van der Waals surface area contributed by atoms with Gasteiger partial charge in [-0.2, -0.15) is 0 Å². The highest BCUT2D eigenvalue weighted by atomic mass is 16.6. The van der Waals surface area contributed by atoms with Crippen LogP contribution in [0.1, 0.15) is 63.0 Å². The molecular weight excluding hydrogens is 672 g/mol. The van der Waals surface area contributed by atoms with Gasteiger partial charge in [-0.05, 0) is 94.0 Å². The number of hydrogen-bond donors (Lipinski definition) is 2. The normalized spacial score (nSPS) is 19.9. The van der Waals surface area contributed by atoms with Gasteiger partial charge in [0.2, 0.25) is 0 Å². The van der Waals surface area contributed by atoms with Gasteiger partial charge in [-0.3, -0.25) is 9.59 Å². The van der Waals surface area contributed by atoms with Crippen LogP contribution in [0.15, 0.2) is 36.4 Å². The lowest BCUT2D eigenvalue weighted by molar-refractivity contribution is -0.144. The van der Waals surface area contributed by atoms with Gasteiger partial charge in [-0.15, -0.1) is 0 Å². The number of anilines is 1. The van der Waals surface area contributed by atoms with E-state index in [1.807, 2.05) is 36.1 Å². The number of nitrogens with zero attached hydrogens (tertiary/aromatic N) is 4. The molecule has 12 nitrogen and oxygen atoms in total. The first-order valence-electron chi connectivity index (χ1n) is 19.2. The molecular formula is C39H51B2N5O7. The number of urea groups is 1. The summed E-state index contributed by atoms with van der Waals surface area (Å²) in [6.45, 7) is 7.40. The fraction of sp³-hybridized carbons (Fsp3) is 0.590. The highest BCUT2D eigenvalue weighted by Crippen LogP contribution is 2.33. The van der Waals surface area contributed by atoms with Crippen molar-refractivity contribution in [3.05, 3.63) is 47.5 Å². The van der Waals surface area contributed by atoms with Crippen LogP contribution in [-0.4, -0.2) is 136 Å². The third kappa shape index (κ3) is 9.68. The summed E-state index contributed by atoms with van der Waals surface area (Å²) >= 11 is 0. The molecule has 14 heteroatoms. The van der Waals surface area contributed by atoms with Crippen LogP contribution in [0.4, 0.5) is 15.3 Å². The number of phenols is 1. The van der Waals surface area contributed by atoms with Crippen molar-refractivity contribution in [2.45, 2.75) is 76.9 Å². The van der Waals surface area contributed by atoms with Crippen molar-refractivity contribution in [1.29, 1.82) is 0 Å². The summed E-state index contributed by atoms with van der Waals surface area (Å²) in [6.07, 6.45) is 4.65. The van der Waals surface area contributed by atoms with Gasteiger partial charge in [0.05, 0.1) is 13.0 Å². The lowest BCUT2D eigenvalue weighted by Gasteiger charge is -2.41. The minimum Gasteiger partial charge on any atom is -0.509 e. The molecule has 0 aliphatic carbocycles. The predicted molar refractivity (Wildman–Crippen MR) is 203 cm³/mol. The number of ether oxygens (including phenoxy) is 2. The van der Waals surface area contributed by atoms with Crippen LogP contribution in [-0.2, 0) is 31.9 Å². The van der Waals surface area contributed by atoms with Crippen LogP contribution >= 0.6 is 0 Å². The third-order valence-electron chi connectivity index (χ3n) is 11.6. The lowest BCUT2D eigenvalue weighted by Crippen LogP contribution is -2.52. The first-order valence-corrected chi connectivity index (χ1v) is 19.2. The molecule has 0 aromatic heterocycles. The molecule has 2 aromatic rings. The van der Waals surface area contributed by atoms with Gasteiger partial charge in [0, 0.05) is 57.4 Å². The zero-order valence-electron chi connectivity index (χ0n) is 30.8. The SMILES string of the molecule is [B]c1cc(C[C@@H](OC(=O)N2CCC(N3CCc4ccccc4NC3=O)CC2)C(=O)N2CCC(C3CCN(CCC(=O)OCC)CC3)CC2)cc([B])c1O. The Balaban J connectivity index is 1.03. The summed E-state index contributed by atoms with van der Waals surface area (Å²) in [4.78, 5) is 60.3. The molecule has 2 aromatic carbocycles. The van der Waals surface area contributed by atoms with E-state index in [0.29, 0.717) is 76.0 Å². The Labute approximate surface area is 315 Å². The first kappa shape index (κ1) is 38.5. The van der Waals surface area contributed by atoms with Crippen molar-refractivity contribution in [1.82, 2.24) is 19.6 Å². The number of phenolic OH excluding ortho intramolecular Hbond substituents is 1. The van der Waals surface area contributed by atoms with Crippen molar-refractivity contribution >= 4 is 56.3 Å². The fourth-order valence-corrected chi connectivity index (χ4v) is 8.48. The summed E-state index contributed by atoms with van der Waals surface area (Å²) in [5, 5.41) is 13.2. The van der Waals surface area contributed by atoms with Crippen molar-refractivity contribution in [2.75, 3.05) is 64.3 Å². The van der Waals surface area contributed by atoms with Crippen LogP contribution in [0.5, 0.6) is 5.75 Å². The molecule has 1 atom stereocenters. The summed E-state index contributed by atoms with van der Waals surface area (Å²) in [5.41, 5.74) is 2.70. The van der Waals surface area contributed by atoms with Gasteiger partial charge in [0.15, 0.2) is 6.10 Å². The second-order valence-electron chi connectivity index (χ2n) is 14.8. The van der Waals surface area contributed by atoms with E-state index >= 15 is 0 Å². The number of fused-ring (bicyclic) bond motifs is 1. The van der Waals surface area contributed by atoms with Crippen LogP contribution in [0.25, 0.3) is 0 Å². The zero-order valence-corrected chi connectivity index (χ0v) is 30.8. The number of amides is 4. The molecule has 0 saturated carbocycles. The third-order valence-corrected chi connectivity index (χ3v) is 11.6. The number of hydrogen-bond acceptors (Lipinski definition) is 8. The molecule has 0 bridgehead atoms. The average Bonchev–Trinajstić information content (AvgIpc) is 3.34. The number of carbonyl (C=O) groups excluding carboxylic acids is 4. The van der Waals surface area contributed by atoms with Crippen molar-refractivity contribution in [3.63, 3.8) is 0 Å². The van der Waals surface area contributed by atoms with Crippen molar-refractivity contribution in [3.8, 4) is 5.75 Å². The largest absolute Gasteiger partial charge is 0.509 e. The molecule has 53 heavy (non-hydrogen) atoms. The van der Waals surface area contributed by atoms with Crippen LogP contribution in [0.3, 0.4) is 0 Å². The van der Waals surface area contributed by atoms with Gasteiger partial charge in [0.25, 0.3) is 5.91 Å². The minimum absolute atomic E-state index is 0.0214. The second kappa shape index (κ2) is 17.8. The molecule has 4 aliphatic heterocycles. The lowest BCUT2D eigenvalue weighted by atomic mass is 9.78. The van der Waals surface area contributed by atoms with Gasteiger partial charge < -0.3 is 39.5 Å². The standard InChI is InChI=1S/C39H51B2N5O7/c1-2-52-35(47)14-17-43-15-7-27(8-16-43)28-9-18-44(19-10-28)37(49)34(25-26-23-31(40)36(48)32(41)24-26)53-39(51)45-20-12-30(13-21-45)46-22-11-29-5-3-4-6-33(29)42-38(46)50/h3-6,23-24,27-28,30,34,48H,2,7-22,25H2,1H3,(H,42,50)/t34-/m1/s1. The highest BCUT2D eigenvalue weighted by Gasteiger charge is 2.37. The average molecular weight is 723 g/mol. The maximum absolute atomic E-state index is 14.1. The summed E-state index contributed by atoms with van der Waals surface area (Å²) in [7, 11) is 12.0. The highest BCUT2D eigenvalue weighted by molar-refractivity contribution is 6.41. The Hall–Kier alpha value is -4.19. The van der Waals surface area contributed by atoms with Crippen LogP contribution in [0.2, 0.25) is 0 Å². The molecule has 3 saturated heterocycles. The van der Waals surface area contributed by atoms with E-state index in [4.69, 9.17) is 25.2 Å². The predicted octanol–water partition coefficient (Wildman–Crippen LogP) is 2.49. The van der Waals surface area contributed by atoms with E-state index in [2.05, 4.69) is 10.2 Å². The molecule has 4 heterocycles. The monoisotopic (exact) mass is 723 g/mol. The Bertz CT molecular complexity index is 1600. The molecule has 280 valence electrons. The number of carbonyl (C=O) groups is 4. The number of piperidine rings is 3. The topological polar surface area (TPSA) is 132 Å². The Morgan fingerprint density at radius 1 is 0.887 bits per heavy atom. The minimum atomic E-state index is -1.10. The van der Waals surface area contributed by atoms with E-state index < -0.39 is 12.2 Å². The Kier molecular flexibility index (Phi) is 12.9. The van der Waals surface area contributed by atoms with Gasteiger partial charge >= 0.3 is 18.1 Å². The number of nitrogens with one attached hydrogen (secondary N) is 1. The van der Waals surface area contributed by atoms with E-state index in [1.54, 1.807) is 21.9 Å². The maximum Gasteiger partial charge on any atom is 0.410 e. The summed E-state index contributed by atoms with van der Waals surface area (Å²) in [6, 6.07) is 10.8. The molecule has 0 spiro atoms.